The van der Waals surface area contributed by atoms with E-state index in [1.54, 1.807) is 6.26 Å². The summed E-state index contributed by atoms with van der Waals surface area (Å²) in [7, 11) is 0. The number of ether oxygens (including phenoxy) is 2. The van der Waals surface area contributed by atoms with Crippen LogP contribution < -0.4 is 9.47 Å². The Morgan fingerprint density at radius 1 is 0.821 bits per heavy atom. The van der Waals surface area contributed by atoms with E-state index in [1.165, 1.54) is 11.1 Å². The zero-order valence-electron chi connectivity index (χ0n) is 17.5. The van der Waals surface area contributed by atoms with Gasteiger partial charge in [0.2, 0.25) is 0 Å². The van der Waals surface area contributed by atoms with Gasteiger partial charge in [-0.25, -0.2) is 0 Å². The van der Waals surface area contributed by atoms with Crippen molar-refractivity contribution in [2.75, 3.05) is 13.2 Å². The normalized spacial score (nSPS) is 17.5. The summed E-state index contributed by atoms with van der Waals surface area (Å²) in [6.45, 7) is 12.6. The van der Waals surface area contributed by atoms with Gasteiger partial charge in [0.25, 0.3) is 0 Å². The molecule has 0 spiro atoms. The van der Waals surface area contributed by atoms with Gasteiger partial charge >= 0.3 is 0 Å². The largest absolute Gasteiger partial charge is 0.489 e. The van der Waals surface area contributed by atoms with Crippen molar-refractivity contribution in [3.05, 3.63) is 59.9 Å². The predicted octanol–water partition coefficient (Wildman–Crippen LogP) is 6.49. The van der Waals surface area contributed by atoms with Gasteiger partial charge in [-0.05, 0) is 58.7 Å². The third kappa shape index (κ3) is 3.76. The lowest BCUT2D eigenvalue weighted by atomic mass is 9.77. The summed E-state index contributed by atoms with van der Waals surface area (Å²) >= 11 is 0. The minimum Gasteiger partial charge on any atom is -0.489 e. The Hall–Kier alpha value is -2.42. The molecule has 148 valence electrons. The molecule has 0 bridgehead atoms. The summed E-state index contributed by atoms with van der Waals surface area (Å²) in [5.41, 5.74) is 3.64. The number of furan rings is 1. The van der Waals surface area contributed by atoms with Crippen LogP contribution in [0, 0.1) is 5.92 Å². The van der Waals surface area contributed by atoms with Crippen molar-refractivity contribution in [2.24, 2.45) is 5.92 Å². The lowest BCUT2D eigenvalue weighted by Crippen LogP contribution is -2.27. The van der Waals surface area contributed by atoms with Crippen molar-refractivity contribution >= 4 is 11.0 Å². The summed E-state index contributed by atoms with van der Waals surface area (Å²) in [5, 5.41) is 1.15. The average molecular weight is 379 g/mol. The van der Waals surface area contributed by atoms with Gasteiger partial charge in [0.1, 0.15) is 5.58 Å². The van der Waals surface area contributed by atoms with E-state index in [4.69, 9.17) is 13.9 Å². The molecule has 2 heterocycles. The van der Waals surface area contributed by atoms with Crippen LogP contribution in [0.1, 0.15) is 52.2 Å². The molecule has 4 rings (SSSR count). The van der Waals surface area contributed by atoms with E-state index in [2.05, 4.69) is 71.0 Å². The van der Waals surface area contributed by atoms with Gasteiger partial charge in [-0.2, -0.15) is 0 Å². The van der Waals surface area contributed by atoms with Gasteiger partial charge in [0.05, 0.1) is 19.5 Å². The van der Waals surface area contributed by atoms with E-state index in [-0.39, 0.29) is 10.8 Å². The van der Waals surface area contributed by atoms with Crippen LogP contribution in [0.15, 0.2) is 53.1 Å². The lowest BCUT2D eigenvalue weighted by Gasteiger charge is -2.29. The maximum atomic E-state index is 6.20. The second-order valence-corrected chi connectivity index (χ2v) is 9.66. The Labute approximate surface area is 167 Å². The van der Waals surface area contributed by atoms with Crippen LogP contribution in [0.5, 0.6) is 11.5 Å². The Morgan fingerprint density at radius 3 is 2.29 bits per heavy atom. The van der Waals surface area contributed by atoms with E-state index in [0.717, 1.165) is 28.9 Å². The first kappa shape index (κ1) is 18.9. The highest BCUT2D eigenvalue weighted by Crippen LogP contribution is 2.38. The molecule has 0 saturated carbocycles. The lowest BCUT2D eigenvalue weighted by molar-refractivity contribution is 0.182. The number of hydrogen-bond acceptors (Lipinski definition) is 3. The first-order valence-electron chi connectivity index (χ1n) is 10.1. The number of fused-ring (bicyclic) bond motifs is 2. The molecule has 3 nitrogen and oxygen atoms in total. The molecule has 1 aliphatic rings. The zero-order valence-corrected chi connectivity index (χ0v) is 17.5. The Kier molecular flexibility index (Phi) is 4.65. The van der Waals surface area contributed by atoms with Crippen molar-refractivity contribution in [3.63, 3.8) is 0 Å². The summed E-state index contributed by atoms with van der Waals surface area (Å²) in [4.78, 5) is 0. The van der Waals surface area contributed by atoms with Crippen LogP contribution >= 0.6 is 0 Å². The van der Waals surface area contributed by atoms with Crippen molar-refractivity contribution < 1.29 is 13.9 Å². The summed E-state index contributed by atoms with van der Waals surface area (Å²) in [5.74, 6) is 2.06. The van der Waals surface area contributed by atoms with E-state index < -0.39 is 0 Å². The molecule has 0 N–H and O–H groups in total. The second kappa shape index (κ2) is 6.88. The molecular weight excluding hydrogens is 348 g/mol. The zero-order chi connectivity index (χ0) is 19.9. The molecule has 3 aromatic rings. The van der Waals surface area contributed by atoms with Crippen molar-refractivity contribution in [1.29, 1.82) is 0 Å². The third-order valence-corrected chi connectivity index (χ3v) is 5.79. The molecule has 3 heteroatoms. The molecule has 1 aromatic heterocycles. The van der Waals surface area contributed by atoms with E-state index in [1.807, 2.05) is 6.07 Å². The van der Waals surface area contributed by atoms with Gasteiger partial charge in [-0.1, -0.05) is 46.8 Å². The number of benzene rings is 2. The highest BCUT2D eigenvalue weighted by Gasteiger charge is 2.29. The fourth-order valence-corrected chi connectivity index (χ4v) is 4.02. The van der Waals surface area contributed by atoms with E-state index >= 15 is 0 Å². The maximum Gasteiger partial charge on any atom is 0.161 e. The monoisotopic (exact) mass is 378 g/mol. The topological polar surface area (TPSA) is 31.6 Å². The van der Waals surface area contributed by atoms with Gasteiger partial charge in [-0.15, -0.1) is 0 Å². The highest BCUT2D eigenvalue weighted by molar-refractivity contribution is 5.78. The van der Waals surface area contributed by atoms with E-state index in [0.29, 0.717) is 19.1 Å². The van der Waals surface area contributed by atoms with Crippen LogP contribution in [-0.2, 0) is 10.8 Å². The first-order valence-corrected chi connectivity index (χ1v) is 10.1. The molecule has 0 radical (unpaired) electrons. The molecule has 0 fully saturated rings. The SMILES string of the molecule is CC(C)(C)c1ccc2c(c1)OCC(CC(C)(C)c1ccc3occc3c1)CO2. The summed E-state index contributed by atoms with van der Waals surface area (Å²) in [6.07, 6.45) is 2.74. The summed E-state index contributed by atoms with van der Waals surface area (Å²) in [6, 6.07) is 14.8. The summed E-state index contributed by atoms with van der Waals surface area (Å²) < 4.78 is 17.8. The van der Waals surface area contributed by atoms with Crippen molar-refractivity contribution in [3.8, 4) is 11.5 Å². The molecule has 0 aliphatic carbocycles. The molecule has 1 atom stereocenters. The van der Waals surface area contributed by atoms with Crippen molar-refractivity contribution in [2.45, 2.75) is 51.9 Å². The fraction of sp³-hybridized carbons (Fsp3) is 0.440. The molecule has 0 saturated heterocycles. The van der Waals surface area contributed by atoms with Crippen LogP contribution in [0.25, 0.3) is 11.0 Å². The number of hydrogen-bond donors (Lipinski definition) is 0. The Morgan fingerprint density at radius 2 is 1.54 bits per heavy atom. The Balaban J connectivity index is 1.49. The molecule has 2 aromatic carbocycles. The minimum absolute atomic E-state index is 0.0238. The quantitative estimate of drug-likeness (QED) is 0.522. The van der Waals surface area contributed by atoms with Crippen LogP contribution in [0.4, 0.5) is 0 Å². The van der Waals surface area contributed by atoms with Gasteiger partial charge in [-0.3, -0.25) is 0 Å². The van der Waals surface area contributed by atoms with Gasteiger partial charge in [0, 0.05) is 11.3 Å². The molecular formula is C25H30O3. The Bertz CT molecular complexity index is 975. The average Bonchev–Trinajstić information content (AvgIpc) is 3.02. The molecule has 0 amide bonds. The molecule has 28 heavy (non-hydrogen) atoms. The standard InChI is InChI=1S/C25H30O3/c1-24(2,3)19-6-9-22-23(13-19)28-16-17(15-27-22)14-25(4,5)20-7-8-21-18(12-20)10-11-26-21/h6-13,17H,14-16H2,1-5H3. The second-order valence-electron chi connectivity index (χ2n) is 9.66. The predicted molar refractivity (Wildman–Crippen MR) is 113 cm³/mol. The first-order chi connectivity index (χ1) is 13.2. The minimum atomic E-state index is 0.0238. The molecule has 1 aliphatic heterocycles. The van der Waals surface area contributed by atoms with Crippen LogP contribution in [-0.4, -0.2) is 13.2 Å². The van der Waals surface area contributed by atoms with Gasteiger partial charge < -0.3 is 13.9 Å². The van der Waals surface area contributed by atoms with Crippen LogP contribution in [0.3, 0.4) is 0 Å². The fourth-order valence-electron chi connectivity index (χ4n) is 4.02. The molecule has 1 unspecified atom stereocenters. The highest BCUT2D eigenvalue weighted by atomic mass is 16.5. The van der Waals surface area contributed by atoms with Crippen molar-refractivity contribution in [1.82, 2.24) is 0 Å². The van der Waals surface area contributed by atoms with Gasteiger partial charge in [0.15, 0.2) is 11.5 Å². The maximum absolute atomic E-state index is 6.20. The third-order valence-electron chi connectivity index (χ3n) is 5.79. The van der Waals surface area contributed by atoms with Crippen LogP contribution in [0.2, 0.25) is 0 Å². The number of rotatable bonds is 3. The smallest absolute Gasteiger partial charge is 0.161 e. The van der Waals surface area contributed by atoms with E-state index in [9.17, 15) is 0 Å².